The van der Waals surface area contributed by atoms with E-state index >= 15 is 0 Å². The van der Waals surface area contributed by atoms with Crippen LogP contribution in [0.4, 0.5) is 0 Å². The zero-order chi connectivity index (χ0) is 27.8. The van der Waals surface area contributed by atoms with E-state index in [1.807, 2.05) is 13.8 Å². The third kappa shape index (κ3) is 23.5. The molecule has 0 amide bonds. The van der Waals surface area contributed by atoms with Crippen molar-refractivity contribution < 1.29 is 37.5 Å². The standard InChI is InChI=1S/C28H59O8P/c1-7-11-13-15-27(9-3)23-33-25(5)21-31-17-19-35-37(29,30)36-20-18-32-22-26(6)34-24-28(10-4)16-14-12-8-2/h25-28H,7-24H2,1-6H3,(H,29,30). The summed E-state index contributed by atoms with van der Waals surface area (Å²) in [6, 6.07) is 0. The van der Waals surface area contributed by atoms with Gasteiger partial charge in [0, 0.05) is 13.2 Å². The fourth-order valence-corrected chi connectivity index (χ4v) is 4.52. The monoisotopic (exact) mass is 554 g/mol. The Hall–Kier alpha value is -0.0500. The summed E-state index contributed by atoms with van der Waals surface area (Å²) in [7, 11) is -4.13. The normalized spacial score (nSPS) is 16.8. The molecule has 0 heterocycles. The minimum atomic E-state index is -4.13. The number of phosphoric ester groups is 1. The van der Waals surface area contributed by atoms with Gasteiger partial charge in [0.2, 0.25) is 0 Å². The number of phosphoric acid groups is 1. The number of unbranched alkanes of at least 4 members (excludes halogenated alkanes) is 4. The molecule has 4 unspecified atom stereocenters. The molecule has 0 aliphatic rings. The summed E-state index contributed by atoms with van der Waals surface area (Å²) < 4.78 is 44.8. The van der Waals surface area contributed by atoms with Gasteiger partial charge in [-0.25, -0.2) is 4.57 Å². The first-order valence-electron chi connectivity index (χ1n) is 14.8. The van der Waals surface area contributed by atoms with Crippen molar-refractivity contribution in [3.63, 3.8) is 0 Å². The van der Waals surface area contributed by atoms with Crippen LogP contribution >= 0.6 is 7.82 Å². The zero-order valence-corrected chi connectivity index (χ0v) is 25.7. The van der Waals surface area contributed by atoms with Crippen LogP contribution in [-0.4, -0.2) is 70.0 Å². The Morgan fingerprint density at radius 1 is 0.622 bits per heavy atom. The topological polar surface area (TPSA) is 92.7 Å². The molecule has 0 aliphatic carbocycles. The molecule has 1 N–H and O–H groups in total. The molecule has 9 heteroatoms. The van der Waals surface area contributed by atoms with E-state index in [0.29, 0.717) is 25.0 Å². The van der Waals surface area contributed by atoms with Crippen LogP contribution in [0.3, 0.4) is 0 Å². The van der Waals surface area contributed by atoms with Gasteiger partial charge in [-0.1, -0.05) is 79.1 Å². The van der Waals surface area contributed by atoms with Crippen molar-refractivity contribution in [1.29, 1.82) is 0 Å². The van der Waals surface area contributed by atoms with E-state index in [9.17, 15) is 9.46 Å². The van der Waals surface area contributed by atoms with Crippen molar-refractivity contribution >= 4 is 7.82 Å². The van der Waals surface area contributed by atoms with Crippen molar-refractivity contribution in [2.75, 3.05) is 52.9 Å². The van der Waals surface area contributed by atoms with Gasteiger partial charge in [-0.3, -0.25) is 9.05 Å². The lowest BCUT2D eigenvalue weighted by Gasteiger charge is -2.19. The average Bonchev–Trinajstić information content (AvgIpc) is 2.87. The van der Waals surface area contributed by atoms with E-state index in [0.717, 1.165) is 26.1 Å². The summed E-state index contributed by atoms with van der Waals surface area (Å²) in [5, 5.41) is 0. The predicted molar refractivity (Wildman–Crippen MR) is 150 cm³/mol. The van der Waals surface area contributed by atoms with Gasteiger partial charge in [-0.05, 0) is 38.5 Å². The first-order chi connectivity index (χ1) is 17.8. The molecule has 0 radical (unpaired) electrons. The third-order valence-electron chi connectivity index (χ3n) is 6.49. The second-order valence-corrected chi connectivity index (χ2v) is 11.6. The third-order valence-corrected chi connectivity index (χ3v) is 7.51. The SMILES string of the molecule is CCCCCC(CC)COC(C)COCCOP(=O)(O)OCCOCC(C)OCC(CC)CCCCC. The molecule has 0 fully saturated rings. The van der Waals surface area contributed by atoms with Crippen LogP contribution in [0.25, 0.3) is 0 Å². The minimum Gasteiger partial charge on any atom is -0.376 e. The molecule has 8 nitrogen and oxygen atoms in total. The molecule has 4 atom stereocenters. The molecule has 224 valence electrons. The highest BCUT2D eigenvalue weighted by Crippen LogP contribution is 2.42. The van der Waals surface area contributed by atoms with E-state index in [2.05, 4.69) is 27.7 Å². The van der Waals surface area contributed by atoms with Gasteiger partial charge in [-0.2, -0.15) is 0 Å². The Balaban J connectivity index is 3.79. The summed E-state index contributed by atoms with van der Waals surface area (Å²) in [6.45, 7) is 15.4. The molecule has 0 rings (SSSR count). The van der Waals surface area contributed by atoms with E-state index in [1.54, 1.807) is 0 Å². The minimum absolute atomic E-state index is 0.0301. The van der Waals surface area contributed by atoms with Crippen LogP contribution in [0, 0.1) is 11.8 Å². The number of ether oxygens (including phenoxy) is 4. The number of rotatable bonds is 28. The fourth-order valence-electron chi connectivity index (χ4n) is 3.83. The van der Waals surface area contributed by atoms with E-state index in [4.69, 9.17) is 28.0 Å². The zero-order valence-electron chi connectivity index (χ0n) is 24.8. The second kappa shape index (κ2) is 25.0. The van der Waals surface area contributed by atoms with E-state index < -0.39 is 7.82 Å². The molecule has 0 aromatic carbocycles. The molecule has 0 spiro atoms. The van der Waals surface area contributed by atoms with Gasteiger partial charge in [0.05, 0.1) is 51.8 Å². The molecule has 0 aromatic rings. The summed E-state index contributed by atoms with van der Waals surface area (Å²) in [5.41, 5.74) is 0. The Morgan fingerprint density at radius 3 is 1.38 bits per heavy atom. The lowest BCUT2D eigenvalue weighted by Crippen LogP contribution is -2.21. The van der Waals surface area contributed by atoms with Crippen molar-refractivity contribution in [2.45, 2.75) is 118 Å². The van der Waals surface area contributed by atoms with Gasteiger partial charge in [0.15, 0.2) is 0 Å². The first kappa shape index (κ1) is 37.0. The Labute approximate surface area is 228 Å². The molecular weight excluding hydrogens is 495 g/mol. The maximum Gasteiger partial charge on any atom is 0.472 e. The van der Waals surface area contributed by atoms with E-state index in [1.165, 1.54) is 51.4 Å². The highest BCUT2D eigenvalue weighted by atomic mass is 31.2. The highest BCUT2D eigenvalue weighted by molar-refractivity contribution is 7.47. The lowest BCUT2D eigenvalue weighted by molar-refractivity contribution is -0.0319. The van der Waals surface area contributed by atoms with Crippen molar-refractivity contribution in [3.8, 4) is 0 Å². The van der Waals surface area contributed by atoms with Crippen molar-refractivity contribution in [3.05, 3.63) is 0 Å². The summed E-state index contributed by atoms with van der Waals surface area (Å²) >= 11 is 0. The van der Waals surface area contributed by atoms with Gasteiger partial charge in [-0.15, -0.1) is 0 Å². The predicted octanol–water partition coefficient (Wildman–Crippen LogP) is 7.18. The molecule has 37 heavy (non-hydrogen) atoms. The number of hydrogen-bond acceptors (Lipinski definition) is 7. The van der Waals surface area contributed by atoms with Crippen LogP contribution in [0.15, 0.2) is 0 Å². The van der Waals surface area contributed by atoms with Gasteiger partial charge in [0.25, 0.3) is 0 Å². The highest BCUT2D eigenvalue weighted by Gasteiger charge is 2.20. The Morgan fingerprint density at radius 2 is 1.03 bits per heavy atom. The molecule has 0 bridgehead atoms. The van der Waals surface area contributed by atoms with Crippen LogP contribution in [0.5, 0.6) is 0 Å². The first-order valence-corrected chi connectivity index (χ1v) is 16.3. The van der Waals surface area contributed by atoms with Gasteiger partial charge < -0.3 is 23.8 Å². The number of hydrogen-bond donors (Lipinski definition) is 1. The van der Waals surface area contributed by atoms with Crippen LogP contribution in [0.1, 0.15) is 106 Å². The molecule has 0 saturated carbocycles. The largest absolute Gasteiger partial charge is 0.472 e. The summed E-state index contributed by atoms with van der Waals surface area (Å²) in [4.78, 5) is 9.80. The van der Waals surface area contributed by atoms with Gasteiger partial charge in [0.1, 0.15) is 0 Å². The van der Waals surface area contributed by atoms with Crippen LogP contribution < -0.4 is 0 Å². The molecule has 0 aromatic heterocycles. The lowest BCUT2D eigenvalue weighted by atomic mass is 10.00. The van der Waals surface area contributed by atoms with Crippen LogP contribution in [0.2, 0.25) is 0 Å². The maximum atomic E-state index is 12.0. The molecular formula is C28H59O8P. The fraction of sp³-hybridized carbons (Fsp3) is 1.00. The van der Waals surface area contributed by atoms with E-state index in [-0.39, 0.29) is 38.6 Å². The quantitative estimate of drug-likeness (QED) is 0.0803. The maximum absolute atomic E-state index is 12.0. The molecule has 0 aliphatic heterocycles. The van der Waals surface area contributed by atoms with Crippen molar-refractivity contribution in [1.82, 2.24) is 0 Å². The Bertz CT molecular complexity index is 494. The summed E-state index contributed by atoms with van der Waals surface area (Å²) in [5.74, 6) is 1.17. The second-order valence-electron chi connectivity index (χ2n) is 10.1. The smallest absolute Gasteiger partial charge is 0.376 e. The van der Waals surface area contributed by atoms with Gasteiger partial charge >= 0.3 is 7.82 Å². The summed E-state index contributed by atoms with van der Waals surface area (Å²) in [6.07, 6.45) is 12.1. The Kier molecular flexibility index (Phi) is 24.9. The van der Waals surface area contributed by atoms with Crippen LogP contribution in [-0.2, 0) is 32.6 Å². The average molecular weight is 555 g/mol. The van der Waals surface area contributed by atoms with Crippen molar-refractivity contribution in [2.24, 2.45) is 11.8 Å². The molecule has 0 saturated heterocycles.